The number of ether oxygens (including phenoxy) is 1. The van der Waals surface area contributed by atoms with E-state index in [2.05, 4.69) is 47.1 Å². The van der Waals surface area contributed by atoms with Crippen molar-refractivity contribution in [3.8, 4) is 0 Å². The number of aliphatic hydroxyl groups excluding tert-OH is 2. The molecule has 12 N–H and O–H groups in total. The van der Waals surface area contributed by atoms with Gasteiger partial charge in [0.05, 0.1) is 51.9 Å². The van der Waals surface area contributed by atoms with Gasteiger partial charge in [0, 0.05) is 32.1 Å². The number of rotatable bonds is 25. The lowest BCUT2D eigenvalue weighted by Gasteiger charge is -2.31. The van der Waals surface area contributed by atoms with Crippen LogP contribution in [0.1, 0.15) is 84.6 Å². The number of guanidine groups is 1. The first-order valence-electron chi connectivity index (χ1n) is 21.5. The van der Waals surface area contributed by atoms with Gasteiger partial charge >= 0.3 is 11.9 Å². The van der Waals surface area contributed by atoms with Crippen molar-refractivity contribution in [3.05, 3.63) is 35.9 Å². The maximum Gasteiger partial charge on any atom is 0.346 e. The van der Waals surface area contributed by atoms with Crippen LogP contribution in [-0.4, -0.2) is 150 Å². The van der Waals surface area contributed by atoms with E-state index in [1.54, 1.807) is 44.2 Å². The van der Waals surface area contributed by atoms with Gasteiger partial charge in [-0.05, 0) is 44.6 Å². The van der Waals surface area contributed by atoms with Crippen molar-refractivity contribution in [1.29, 1.82) is 0 Å². The van der Waals surface area contributed by atoms with E-state index in [0.717, 1.165) is 39.0 Å². The second kappa shape index (κ2) is 27.6. The Morgan fingerprint density at radius 2 is 1.36 bits per heavy atom. The number of amides is 7. The van der Waals surface area contributed by atoms with Crippen molar-refractivity contribution < 1.29 is 70.3 Å². The molecular weight excluding hydrogens is 856 g/mol. The number of benzene rings is 1. The average Bonchev–Trinajstić information content (AvgIpc) is 3.24. The highest BCUT2D eigenvalue weighted by atomic mass is 35.5. The summed E-state index contributed by atoms with van der Waals surface area (Å²) in [6.07, 6.45) is 0.707. The molecule has 0 bridgehead atoms. The number of halogens is 1. The number of esters is 1. The third-order valence-electron chi connectivity index (χ3n) is 10.6. The summed E-state index contributed by atoms with van der Waals surface area (Å²) in [7, 11) is 1.15. The van der Waals surface area contributed by atoms with Gasteiger partial charge in [0.25, 0.3) is 0 Å². The summed E-state index contributed by atoms with van der Waals surface area (Å²) in [6, 6.07) is 2.05. The molecule has 0 saturated carbocycles. The second-order valence-electron chi connectivity index (χ2n) is 16.5. The van der Waals surface area contributed by atoms with Crippen LogP contribution in [0.4, 0.5) is 0 Å². The zero-order valence-electron chi connectivity index (χ0n) is 37.2. The lowest BCUT2D eigenvalue weighted by molar-refractivity contribution is -0.542. The Bertz CT molecular complexity index is 1780. The molecule has 0 unspecified atom stereocenters. The van der Waals surface area contributed by atoms with E-state index < -0.39 is 84.1 Å². The molecule has 7 amide bonds. The van der Waals surface area contributed by atoms with Crippen LogP contribution >= 0.6 is 0 Å². The molecule has 0 spiro atoms. The highest BCUT2D eigenvalue weighted by Gasteiger charge is 2.35. The Morgan fingerprint density at radius 1 is 0.781 bits per heavy atom. The first-order valence-corrected chi connectivity index (χ1v) is 21.5. The van der Waals surface area contributed by atoms with Crippen LogP contribution in [0.2, 0.25) is 0 Å². The van der Waals surface area contributed by atoms with Crippen LogP contribution in [-0.2, 0) is 49.5 Å². The Labute approximate surface area is 380 Å². The summed E-state index contributed by atoms with van der Waals surface area (Å²) >= 11 is 0. The minimum Gasteiger partial charge on any atom is -1.00 e. The molecule has 1 aromatic carbocycles. The molecule has 2 heterocycles. The fourth-order valence-corrected chi connectivity index (χ4v) is 7.07. The largest absolute Gasteiger partial charge is 1.00 e. The van der Waals surface area contributed by atoms with Gasteiger partial charge in [-0.25, -0.2) is 4.79 Å². The van der Waals surface area contributed by atoms with Gasteiger partial charge in [0.15, 0.2) is 0 Å². The summed E-state index contributed by atoms with van der Waals surface area (Å²) in [5.74, 6) is -5.18. The number of methoxy groups -OCH3 is 1. The fraction of sp³-hybridized carbons (Fsp3) is 0.643. The fourth-order valence-electron chi connectivity index (χ4n) is 7.07. The van der Waals surface area contributed by atoms with Crippen molar-refractivity contribution in [2.75, 3.05) is 33.4 Å². The molecule has 0 radical (unpaired) electrons. The molecule has 2 aliphatic heterocycles. The Balaban J connectivity index is 0.0000141. The highest BCUT2D eigenvalue weighted by molar-refractivity contribution is 5.97. The number of unbranched alkanes of at least 4 members (excludes halogenated alkanes) is 1. The third kappa shape index (κ3) is 18.7. The minimum atomic E-state index is -1.57. The van der Waals surface area contributed by atoms with E-state index >= 15 is 0 Å². The maximum absolute atomic E-state index is 13.6. The van der Waals surface area contributed by atoms with Crippen molar-refractivity contribution in [2.24, 2.45) is 11.7 Å². The lowest BCUT2D eigenvalue weighted by atomic mass is 10.0. The molecular formula is C42H67ClN10O11. The van der Waals surface area contributed by atoms with Gasteiger partial charge in [-0.1, -0.05) is 44.2 Å². The highest BCUT2D eigenvalue weighted by Crippen LogP contribution is 2.11. The van der Waals surface area contributed by atoms with E-state index in [0.29, 0.717) is 24.9 Å². The van der Waals surface area contributed by atoms with E-state index in [9.17, 15) is 48.6 Å². The number of nitrogens with one attached hydrogen (secondary N) is 8. The number of nitrogens with two attached hydrogens (primary N) is 1. The predicted molar refractivity (Wildman–Crippen MR) is 229 cm³/mol. The number of carbonyl (C=O) groups excluding carboxylic acids is 8. The molecule has 0 fully saturated rings. The van der Waals surface area contributed by atoms with Gasteiger partial charge in [0.2, 0.25) is 41.4 Å². The van der Waals surface area contributed by atoms with Crippen molar-refractivity contribution in [2.45, 2.75) is 134 Å². The number of carbonyl (C=O) groups is 8. The smallest absolute Gasteiger partial charge is 0.346 e. The van der Waals surface area contributed by atoms with E-state index in [-0.39, 0.29) is 68.6 Å². The van der Waals surface area contributed by atoms with Crippen LogP contribution < -0.4 is 60.7 Å². The number of hydrogen-bond acceptors (Lipinski definition) is 13. The van der Waals surface area contributed by atoms with Crippen LogP contribution in [0.3, 0.4) is 0 Å². The molecule has 64 heavy (non-hydrogen) atoms. The number of hydrogen-bond donors (Lipinski definition) is 11. The molecule has 0 saturated heterocycles. The van der Waals surface area contributed by atoms with Gasteiger partial charge in [-0.15, -0.1) is 0 Å². The molecule has 22 heteroatoms. The predicted octanol–water partition coefficient (Wildman–Crippen LogP) is -6.09. The molecule has 0 aliphatic carbocycles. The Hall–Kier alpha value is -5.54. The SMILES string of the molecule is COC(=O)[C@H](Cc1ccccc1)NC(=O)[C@H](CC(N)=O)NC(=O)[C@H](CC(C)C)NC(=O)[C@@H](NC(=O)[C@H](C)NC(=O)CCCCC(=O)NC[C@@H]1CC[N+]2=C(N[C@H](CO)CC2)N1)[C@@H](C)O.[Cl-]. The average molecular weight is 924 g/mol. The Morgan fingerprint density at radius 3 is 1.95 bits per heavy atom. The molecule has 2 aliphatic rings. The number of aliphatic hydroxyl groups is 2. The Kier molecular flexibility index (Phi) is 23.5. The normalized spacial score (nSPS) is 18.3. The standard InChI is InChI=1S/C42H66N10O11.ClH/c1-24(2)19-30(38(59)48-31(21-33(43)55)39(60)50-32(41(62)63-5)20-27-11-7-6-8-12-27)49-40(61)36(26(4)54)51-37(58)25(3)45-35(57)14-10-9-13-34(56)44-22-28-15-17-52-18-16-29(23-53)47-42(52)46-28;/h6-8,11-12,24-26,28-32,36,53-54H,9-10,13-23H2,1-5H3,(H9,43,44,45,46,47,48,49,50,51,55,56,57,58,59,60,61);1H/t25-,26+,28-,29-,30-,31-,32-,36-;/m0./s1. The summed E-state index contributed by atoms with van der Waals surface area (Å²) in [4.78, 5) is 103. The number of nitrogens with zero attached hydrogens (tertiary/aromatic N) is 1. The minimum absolute atomic E-state index is 0. The summed E-state index contributed by atoms with van der Waals surface area (Å²) in [5.41, 5.74) is 6.10. The summed E-state index contributed by atoms with van der Waals surface area (Å²) in [5, 5.41) is 42.0. The van der Waals surface area contributed by atoms with Gasteiger partial charge in [-0.2, -0.15) is 0 Å². The van der Waals surface area contributed by atoms with Crippen molar-refractivity contribution in [3.63, 3.8) is 0 Å². The van der Waals surface area contributed by atoms with E-state index in [4.69, 9.17) is 10.5 Å². The lowest BCUT2D eigenvalue weighted by Crippen LogP contribution is -3.00. The van der Waals surface area contributed by atoms with Crippen LogP contribution in [0.15, 0.2) is 30.3 Å². The third-order valence-corrected chi connectivity index (χ3v) is 10.6. The van der Waals surface area contributed by atoms with Crippen LogP contribution in [0.5, 0.6) is 0 Å². The van der Waals surface area contributed by atoms with Gasteiger partial charge < -0.3 is 65.0 Å². The quantitative estimate of drug-likeness (QED) is 0.0248. The molecule has 1 aromatic rings. The van der Waals surface area contributed by atoms with Gasteiger partial charge in [0.1, 0.15) is 36.3 Å². The first kappa shape index (κ1) is 54.6. The second-order valence-corrected chi connectivity index (χ2v) is 16.5. The monoisotopic (exact) mass is 922 g/mol. The first-order chi connectivity index (χ1) is 29.9. The zero-order chi connectivity index (χ0) is 46.6. The maximum atomic E-state index is 13.6. The van der Waals surface area contributed by atoms with Crippen molar-refractivity contribution >= 4 is 53.3 Å². The molecule has 3 rings (SSSR count). The molecule has 358 valence electrons. The molecule has 21 nitrogen and oxygen atoms in total. The van der Waals surface area contributed by atoms with E-state index in [1.165, 1.54) is 13.8 Å². The zero-order valence-corrected chi connectivity index (χ0v) is 38.0. The summed E-state index contributed by atoms with van der Waals surface area (Å²) < 4.78 is 7.03. The van der Waals surface area contributed by atoms with E-state index in [1.807, 2.05) is 0 Å². The molecule has 0 aromatic heterocycles. The summed E-state index contributed by atoms with van der Waals surface area (Å²) in [6.45, 7) is 8.35. The topological polar surface area (TPSA) is 312 Å². The van der Waals surface area contributed by atoms with Gasteiger partial charge in [-0.3, -0.25) is 48.8 Å². The van der Waals surface area contributed by atoms with Crippen LogP contribution in [0, 0.1) is 5.92 Å². The molecule has 8 atom stereocenters. The number of primary amides is 1. The van der Waals surface area contributed by atoms with Crippen LogP contribution in [0.25, 0.3) is 0 Å². The van der Waals surface area contributed by atoms with Crippen molar-refractivity contribution in [1.82, 2.24) is 42.5 Å².